The van der Waals surface area contributed by atoms with Gasteiger partial charge in [-0.05, 0) is 25.7 Å². The fourth-order valence-corrected chi connectivity index (χ4v) is 2.81. The van der Waals surface area contributed by atoms with Gasteiger partial charge in [-0.25, -0.2) is 4.98 Å². The van der Waals surface area contributed by atoms with Gasteiger partial charge in [0.2, 0.25) is 0 Å². The standard InChI is InChI=1S/C14H22N2O3S/c1-3-4-11(5-6-13(17)18)7-8-15-14(19)12-9-16-10(2)20-12/h9,11H,3-8H2,1-2H3,(H,15,19)(H,17,18). The van der Waals surface area contributed by atoms with E-state index in [2.05, 4.69) is 17.2 Å². The van der Waals surface area contributed by atoms with E-state index in [4.69, 9.17) is 5.11 Å². The van der Waals surface area contributed by atoms with Gasteiger partial charge >= 0.3 is 5.97 Å². The molecule has 1 aromatic rings. The van der Waals surface area contributed by atoms with Crippen LogP contribution in [0.3, 0.4) is 0 Å². The molecule has 1 atom stereocenters. The van der Waals surface area contributed by atoms with Crippen molar-refractivity contribution in [2.75, 3.05) is 6.54 Å². The van der Waals surface area contributed by atoms with Crippen LogP contribution in [0.4, 0.5) is 0 Å². The lowest BCUT2D eigenvalue weighted by atomic mass is 9.94. The molecule has 1 unspecified atom stereocenters. The molecule has 0 bridgehead atoms. The lowest BCUT2D eigenvalue weighted by Gasteiger charge is -2.15. The maximum Gasteiger partial charge on any atom is 0.303 e. The van der Waals surface area contributed by atoms with Crippen molar-refractivity contribution in [2.45, 2.75) is 46.0 Å². The third-order valence-electron chi connectivity index (χ3n) is 3.15. The minimum Gasteiger partial charge on any atom is -0.481 e. The van der Waals surface area contributed by atoms with Gasteiger partial charge in [0, 0.05) is 13.0 Å². The lowest BCUT2D eigenvalue weighted by molar-refractivity contribution is -0.137. The number of carbonyl (C=O) groups excluding carboxylic acids is 1. The van der Waals surface area contributed by atoms with Gasteiger partial charge in [0.1, 0.15) is 4.88 Å². The van der Waals surface area contributed by atoms with Crippen molar-refractivity contribution in [1.82, 2.24) is 10.3 Å². The summed E-state index contributed by atoms with van der Waals surface area (Å²) >= 11 is 1.38. The normalized spacial score (nSPS) is 12.1. The lowest BCUT2D eigenvalue weighted by Crippen LogP contribution is -2.25. The summed E-state index contributed by atoms with van der Waals surface area (Å²) in [4.78, 5) is 27.1. The number of carboxylic acid groups (broad SMARTS) is 1. The van der Waals surface area contributed by atoms with E-state index < -0.39 is 5.97 Å². The molecule has 0 saturated carbocycles. The number of amides is 1. The minimum atomic E-state index is -0.754. The molecule has 1 heterocycles. The Morgan fingerprint density at radius 3 is 2.70 bits per heavy atom. The van der Waals surface area contributed by atoms with Crippen LogP contribution in [0.15, 0.2) is 6.20 Å². The van der Waals surface area contributed by atoms with Gasteiger partial charge in [0.15, 0.2) is 0 Å². The number of aliphatic carboxylic acids is 1. The van der Waals surface area contributed by atoms with Crippen LogP contribution in [0, 0.1) is 12.8 Å². The summed E-state index contributed by atoms with van der Waals surface area (Å²) in [5.74, 6) is -0.487. The van der Waals surface area contributed by atoms with E-state index in [9.17, 15) is 9.59 Å². The first-order chi connectivity index (χ1) is 9.52. The summed E-state index contributed by atoms with van der Waals surface area (Å²) in [5.41, 5.74) is 0. The largest absolute Gasteiger partial charge is 0.481 e. The fraction of sp³-hybridized carbons (Fsp3) is 0.643. The molecule has 1 rings (SSSR count). The monoisotopic (exact) mass is 298 g/mol. The van der Waals surface area contributed by atoms with Gasteiger partial charge in [-0.3, -0.25) is 9.59 Å². The molecule has 0 radical (unpaired) electrons. The van der Waals surface area contributed by atoms with E-state index in [0.29, 0.717) is 23.8 Å². The van der Waals surface area contributed by atoms with Crippen LogP contribution >= 0.6 is 11.3 Å². The smallest absolute Gasteiger partial charge is 0.303 e. The Kier molecular flexibility index (Phi) is 7.22. The molecule has 20 heavy (non-hydrogen) atoms. The van der Waals surface area contributed by atoms with E-state index in [0.717, 1.165) is 24.3 Å². The van der Waals surface area contributed by atoms with Gasteiger partial charge in [0.25, 0.3) is 5.91 Å². The molecular formula is C14H22N2O3S. The average Bonchev–Trinajstić information content (AvgIpc) is 2.82. The van der Waals surface area contributed by atoms with Crippen molar-refractivity contribution in [1.29, 1.82) is 0 Å². The number of aryl methyl sites for hydroxylation is 1. The second kappa shape index (κ2) is 8.68. The highest BCUT2D eigenvalue weighted by atomic mass is 32.1. The van der Waals surface area contributed by atoms with E-state index in [1.807, 2.05) is 6.92 Å². The maximum absolute atomic E-state index is 11.8. The van der Waals surface area contributed by atoms with Crippen LogP contribution < -0.4 is 5.32 Å². The predicted molar refractivity (Wildman–Crippen MR) is 79.1 cm³/mol. The zero-order valence-electron chi connectivity index (χ0n) is 12.0. The Balaban J connectivity index is 2.32. The fourth-order valence-electron chi connectivity index (χ4n) is 2.11. The first-order valence-electron chi connectivity index (χ1n) is 6.95. The van der Waals surface area contributed by atoms with Crippen LogP contribution in [0.2, 0.25) is 0 Å². The number of nitrogens with zero attached hydrogens (tertiary/aromatic N) is 1. The molecule has 0 aromatic carbocycles. The molecule has 1 amide bonds. The number of hydrogen-bond donors (Lipinski definition) is 2. The topological polar surface area (TPSA) is 79.3 Å². The number of nitrogens with one attached hydrogen (secondary N) is 1. The zero-order valence-corrected chi connectivity index (χ0v) is 12.8. The van der Waals surface area contributed by atoms with Crippen molar-refractivity contribution in [2.24, 2.45) is 5.92 Å². The van der Waals surface area contributed by atoms with Crippen LogP contribution in [-0.2, 0) is 4.79 Å². The third-order valence-corrected chi connectivity index (χ3v) is 4.06. The number of rotatable bonds is 9. The van der Waals surface area contributed by atoms with Crippen molar-refractivity contribution < 1.29 is 14.7 Å². The average molecular weight is 298 g/mol. The molecule has 0 aliphatic heterocycles. The number of aromatic nitrogens is 1. The van der Waals surface area contributed by atoms with Crippen molar-refractivity contribution in [3.05, 3.63) is 16.1 Å². The van der Waals surface area contributed by atoms with E-state index >= 15 is 0 Å². The maximum atomic E-state index is 11.8. The Bertz CT molecular complexity index is 445. The molecule has 6 heteroatoms. The Morgan fingerprint density at radius 1 is 1.40 bits per heavy atom. The second-order valence-electron chi connectivity index (χ2n) is 4.88. The highest BCUT2D eigenvalue weighted by molar-refractivity contribution is 7.13. The number of thiazole rings is 1. The van der Waals surface area contributed by atoms with Crippen molar-refractivity contribution in [3.63, 3.8) is 0 Å². The van der Waals surface area contributed by atoms with Gasteiger partial charge in [-0.1, -0.05) is 19.8 Å². The summed E-state index contributed by atoms with van der Waals surface area (Å²) in [6.45, 7) is 4.54. The third kappa shape index (κ3) is 6.14. The predicted octanol–water partition coefficient (Wildman–Crippen LogP) is 2.85. The molecule has 5 nitrogen and oxygen atoms in total. The van der Waals surface area contributed by atoms with Gasteiger partial charge in [-0.15, -0.1) is 11.3 Å². The molecule has 0 aliphatic rings. The van der Waals surface area contributed by atoms with E-state index in [1.165, 1.54) is 11.3 Å². The Labute approximate surface area is 123 Å². The molecule has 0 saturated heterocycles. The summed E-state index contributed by atoms with van der Waals surface area (Å²) in [6, 6.07) is 0. The molecule has 1 aromatic heterocycles. The van der Waals surface area contributed by atoms with E-state index in [-0.39, 0.29) is 12.3 Å². The summed E-state index contributed by atoms with van der Waals surface area (Å²) in [6.07, 6.45) is 5.33. The van der Waals surface area contributed by atoms with Crippen LogP contribution in [0.1, 0.15) is 53.7 Å². The molecule has 0 fully saturated rings. The molecule has 2 N–H and O–H groups in total. The number of carboxylic acids is 1. The summed E-state index contributed by atoms with van der Waals surface area (Å²) in [7, 11) is 0. The molecule has 0 aliphatic carbocycles. The number of hydrogen-bond acceptors (Lipinski definition) is 4. The first kappa shape index (κ1) is 16.6. The highest BCUT2D eigenvalue weighted by Crippen LogP contribution is 2.17. The quantitative estimate of drug-likeness (QED) is 0.734. The van der Waals surface area contributed by atoms with Gasteiger partial charge < -0.3 is 10.4 Å². The van der Waals surface area contributed by atoms with Crippen LogP contribution in [0.25, 0.3) is 0 Å². The Morgan fingerprint density at radius 2 is 2.15 bits per heavy atom. The van der Waals surface area contributed by atoms with Gasteiger partial charge in [0.05, 0.1) is 11.2 Å². The Hall–Kier alpha value is -1.43. The van der Waals surface area contributed by atoms with Crippen molar-refractivity contribution >= 4 is 23.2 Å². The highest BCUT2D eigenvalue weighted by Gasteiger charge is 2.12. The van der Waals surface area contributed by atoms with E-state index in [1.54, 1.807) is 6.20 Å². The summed E-state index contributed by atoms with van der Waals surface area (Å²) in [5, 5.41) is 12.5. The minimum absolute atomic E-state index is 0.0934. The van der Waals surface area contributed by atoms with Crippen LogP contribution in [-0.4, -0.2) is 28.5 Å². The summed E-state index contributed by atoms with van der Waals surface area (Å²) < 4.78 is 0. The zero-order chi connectivity index (χ0) is 15.0. The SMILES string of the molecule is CCCC(CCNC(=O)c1cnc(C)s1)CCC(=O)O. The second-order valence-corrected chi connectivity index (χ2v) is 6.11. The number of carbonyl (C=O) groups is 2. The van der Waals surface area contributed by atoms with Gasteiger partial charge in [-0.2, -0.15) is 0 Å². The molecule has 0 spiro atoms. The van der Waals surface area contributed by atoms with Crippen molar-refractivity contribution in [3.8, 4) is 0 Å². The van der Waals surface area contributed by atoms with Crippen LogP contribution in [0.5, 0.6) is 0 Å². The first-order valence-corrected chi connectivity index (χ1v) is 7.77. The molecular weight excluding hydrogens is 276 g/mol. The molecule has 112 valence electrons.